The summed E-state index contributed by atoms with van der Waals surface area (Å²) in [6.45, 7) is 1.24. The van der Waals surface area contributed by atoms with Gasteiger partial charge in [-0.2, -0.15) is 0 Å². The zero-order valence-electron chi connectivity index (χ0n) is 10.1. The van der Waals surface area contributed by atoms with Crippen LogP contribution in [-0.4, -0.2) is 30.4 Å². The molecule has 0 unspecified atom stereocenters. The summed E-state index contributed by atoms with van der Waals surface area (Å²) in [5, 5.41) is 0. The lowest BCUT2D eigenvalue weighted by Gasteiger charge is -2.43. The largest absolute Gasteiger partial charge is 0.302 e. The van der Waals surface area contributed by atoms with E-state index in [0.29, 0.717) is 12.0 Å². The number of fused-ring (bicyclic) bond motifs is 2. The number of hydrogen-bond donors (Lipinski definition) is 0. The van der Waals surface area contributed by atoms with Gasteiger partial charge in [0, 0.05) is 23.1 Å². The van der Waals surface area contributed by atoms with Crippen LogP contribution in [0.2, 0.25) is 0 Å². The average Bonchev–Trinajstić information content (AvgIpc) is 2.76. The molecule has 1 aromatic carbocycles. The standard InChI is InChI=1S/C15H16N2/c1-17-7-3-5-11-12-4-2-6-13-15(12)10(9-16-13)8-14(11)17/h2,4,6,11,14H,3,5,7-8H2,1H3/t11-,14-/m1/s1. The highest BCUT2D eigenvalue weighted by atomic mass is 15.1. The summed E-state index contributed by atoms with van der Waals surface area (Å²) >= 11 is 0. The van der Waals surface area contributed by atoms with E-state index in [4.69, 9.17) is 0 Å². The SMILES string of the molecule is CN1CCC[C@@H]2c3cccc4c3C(=C=N4)C[C@H]21. The van der Waals surface area contributed by atoms with Crippen LogP contribution in [0.5, 0.6) is 0 Å². The summed E-state index contributed by atoms with van der Waals surface area (Å²) in [7, 11) is 2.26. The van der Waals surface area contributed by atoms with Crippen molar-refractivity contribution in [3.63, 3.8) is 0 Å². The van der Waals surface area contributed by atoms with Crippen molar-refractivity contribution in [2.45, 2.75) is 31.2 Å². The van der Waals surface area contributed by atoms with Crippen LogP contribution in [0, 0.1) is 0 Å². The van der Waals surface area contributed by atoms with Gasteiger partial charge in [0.1, 0.15) is 0 Å². The lowest BCUT2D eigenvalue weighted by molar-refractivity contribution is 0.159. The number of benzene rings is 1. The highest BCUT2D eigenvalue weighted by Gasteiger charge is 2.38. The maximum absolute atomic E-state index is 4.43. The van der Waals surface area contributed by atoms with Crippen molar-refractivity contribution in [3.05, 3.63) is 29.3 Å². The van der Waals surface area contributed by atoms with Crippen molar-refractivity contribution in [1.82, 2.24) is 4.90 Å². The van der Waals surface area contributed by atoms with Crippen LogP contribution in [0.1, 0.15) is 36.3 Å². The maximum atomic E-state index is 4.43. The van der Waals surface area contributed by atoms with Crippen molar-refractivity contribution < 1.29 is 0 Å². The lowest BCUT2D eigenvalue weighted by Crippen LogP contribution is -2.43. The monoisotopic (exact) mass is 224 g/mol. The molecule has 1 aliphatic carbocycles. The number of likely N-dealkylation sites (N-methyl/N-ethyl adjacent to an activating group) is 1. The van der Waals surface area contributed by atoms with Gasteiger partial charge in [-0.15, -0.1) is 0 Å². The minimum atomic E-state index is 0.669. The molecule has 17 heavy (non-hydrogen) atoms. The first kappa shape index (κ1) is 9.64. The highest BCUT2D eigenvalue weighted by Crippen LogP contribution is 2.48. The van der Waals surface area contributed by atoms with Gasteiger partial charge in [0.05, 0.1) is 5.69 Å². The third-order valence-electron chi connectivity index (χ3n) is 4.56. The first-order valence-corrected chi connectivity index (χ1v) is 6.50. The second-order valence-corrected chi connectivity index (χ2v) is 5.44. The van der Waals surface area contributed by atoms with E-state index in [-0.39, 0.29) is 0 Å². The normalized spacial score (nSPS) is 29.8. The minimum Gasteiger partial charge on any atom is -0.302 e. The number of likely N-dealkylation sites (tertiary alicyclic amines) is 1. The van der Waals surface area contributed by atoms with E-state index in [1.165, 1.54) is 36.1 Å². The number of rotatable bonds is 0. The molecule has 2 heteroatoms. The molecule has 3 aliphatic rings. The maximum Gasteiger partial charge on any atom is 0.0814 e. The van der Waals surface area contributed by atoms with Gasteiger partial charge >= 0.3 is 0 Å². The van der Waals surface area contributed by atoms with Crippen molar-refractivity contribution in [1.29, 1.82) is 0 Å². The Kier molecular flexibility index (Phi) is 1.88. The zero-order chi connectivity index (χ0) is 11.4. The Morgan fingerprint density at radius 2 is 2.35 bits per heavy atom. The fourth-order valence-electron chi connectivity index (χ4n) is 3.72. The first-order chi connectivity index (χ1) is 8.34. The summed E-state index contributed by atoms with van der Waals surface area (Å²) in [5.74, 6) is 3.94. The van der Waals surface area contributed by atoms with E-state index in [1.807, 2.05) is 0 Å². The Bertz CT molecular complexity index is 552. The summed E-state index contributed by atoms with van der Waals surface area (Å²) in [6, 6.07) is 7.24. The van der Waals surface area contributed by atoms with Crippen molar-refractivity contribution in [3.8, 4) is 0 Å². The third-order valence-corrected chi connectivity index (χ3v) is 4.56. The van der Waals surface area contributed by atoms with Crippen molar-refractivity contribution in [2.24, 2.45) is 4.99 Å². The molecule has 86 valence electrons. The molecule has 0 N–H and O–H groups in total. The van der Waals surface area contributed by atoms with Crippen LogP contribution in [-0.2, 0) is 0 Å². The minimum absolute atomic E-state index is 0.669. The van der Waals surface area contributed by atoms with Crippen LogP contribution < -0.4 is 0 Å². The smallest absolute Gasteiger partial charge is 0.0814 e. The van der Waals surface area contributed by atoms with E-state index in [1.54, 1.807) is 0 Å². The predicted molar refractivity (Wildman–Crippen MR) is 70.0 cm³/mol. The van der Waals surface area contributed by atoms with Gasteiger partial charge in [0.15, 0.2) is 0 Å². The fourth-order valence-corrected chi connectivity index (χ4v) is 3.72. The third kappa shape index (κ3) is 1.23. The van der Waals surface area contributed by atoms with Crippen LogP contribution in [0.4, 0.5) is 5.69 Å². The van der Waals surface area contributed by atoms with Gasteiger partial charge in [0.25, 0.3) is 0 Å². The van der Waals surface area contributed by atoms with E-state index in [2.05, 4.69) is 41.0 Å². The number of nitrogens with zero attached hydrogens (tertiary/aromatic N) is 2. The Balaban J connectivity index is 1.91. The Morgan fingerprint density at radius 1 is 1.41 bits per heavy atom. The molecule has 4 rings (SSSR count). The molecule has 0 bridgehead atoms. The molecule has 2 atom stereocenters. The second kappa shape index (κ2) is 3.32. The fraction of sp³-hybridized carbons (Fsp3) is 0.467. The molecule has 0 spiro atoms. The summed E-state index contributed by atoms with van der Waals surface area (Å²) in [4.78, 5) is 6.95. The van der Waals surface area contributed by atoms with E-state index < -0.39 is 0 Å². The lowest BCUT2D eigenvalue weighted by atomic mass is 9.73. The Hall–Kier alpha value is -1.37. The quantitative estimate of drug-likeness (QED) is 0.661. The number of hydrogen-bond acceptors (Lipinski definition) is 2. The van der Waals surface area contributed by atoms with E-state index >= 15 is 0 Å². The molecule has 2 nitrogen and oxygen atoms in total. The van der Waals surface area contributed by atoms with E-state index in [9.17, 15) is 0 Å². The molecule has 2 heterocycles. The number of aliphatic imine (C=N–C) groups is 1. The molecule has 0 aromatic heterocycles. The molecule has 1 aromatic rings. The summed E-state index contributed by atoms with van der Waals surface area (Å²) in [6.07, 6.45) is 3.79. The second-order valence-electron chi connectivity index (χ2n) is 5.44. The van der Waals surface area contributed by atoms with Gasteiger partial charge < -0.3 is 4.90 Å². The van der Waals surface area contributed by atoms with Crippen LogP contribution in [0.15, 0.2) is 23.2 Å². The average molecular weight is 224 g/mol. The molecule has 1 saturated heterocycles. The van der Waals surface area contributed by atoms with E-state index in [0.717, 1.165) is 12.1 Å². The zero-order valence-corrected chi connectivity index (χ0v) is 10.1. The van der Waals surface area contributed by atoms with Crippen molar-refractivity contribution >= 4 is 17.1 Å². The van der Waals surface area contributed by atoms with Gasteiger partial charge in [-0.05, 0) is 50.4 Å². The Labute approximate surface area is 102 Å². The van der Waals surface area contributed by atoms with Crippen LogP contribution in [0.3, 0.4) is 0 Å². The molecular formula is C15H16N2. The molecule has 1 fully saturated rings. The summed E-state index contributed by atoms with van der Waals surface area (Å²) < 4.78 is 0. The van der Waals surface area contributed by atoms with Gasteiger partial charge in [-0.25, -0.2) is 4.99 Å². The van der Waals surface area contributed by atoms with Crippen LogP contribution in [0.25, 0.3) is 5.57 Å². The Morgan fingerprint density at radius 3 is 3.29 bits per heavy atom. The first-order valence-electron chi connectivity index (χ1n) is 6.50. The molecule has 0 amide bonds. The van der Waals surface area contributed by atoms with Gasteiger partial charge in [0.2, 0.25) is 0 Å². The van der Waals surface area contributed by atoms with Crippen molar-refractivity contribution in [2.75, 3.05) is 13.6 Å². The predicted octanol–water partition coefficient (Wildman–Crippen LogP) is 2.97. The highest BCUT2D eigenvalue weighted by molar-refractivity contribution is 6.01. The molecule has 2 aliphatic heterocycles. The topological polar surface area (TPSA) is 15.6 Å². The van der Waals surface area contributed by atoms with Gasteiger partial charge in [-0.1, -0.05) is 12.1 Å². The molecule has 0 radical (unpaired) electrons. The van der Waals surface area contributed by atoms with Crippen LogP contribution >= 0.6 is 0 Å². The summed E-state index contributed by atoms with van der Waals surface area (Å²) in [5.41, 5.74) is 5.41. The molecule has 0 saturated carbocycles. The van der Waals surface area contributed by atoms with Gasteiger partial charge in [-0.3, -0.25) is 0 Å². The number of piperidine rings is 1. The molecular weight excluding hydrogens is 208 g/mol.